The summed E-state index contributed by atoms with van der Waals surface area (Å²) in [7, 11) is 3.84. The molecule has 58 valence electrons. The van der Waals surface area contributed by atoms with Crippen molar-refractivity contribution in [1.29, 1.82) is 0 Å². The van der Waals surface area contributed by atoms with Crippen LogP contribution in [0.15, 0.2) is 36.6 Å². The van der Waals surface area contributed by atoms with E-state index in [-0.39, 0.29) is 0 Å². The predicted octanol–water partition coefficient (Wildman–Crippen LogP) is 1.81. The van der Waals surface area contributed by atoms with Gasteiger partial charge in [0.25, 0.3) is 0 Å². The molecule has 0 atom stereocenters. The molecule has 0 bridgehead atoms. The van der Waals surface area contributed by atoms with E-state index >= 15 is 0 Å². The van der Waals surface area contributed by atoms with Crippen molar-refractivity contribution < 1.29 is 0 Å². The number of nitrogens with zero attached hydrogens (tertiary/aromatic N) is 1. The van der Waals surface area contributed by atoms with Crippen LogP contribution in [0.5, 0.6) is 0 Å². The smallest absolute Gasteiger partial charge is 0.0288 e. The summed E-state index contributed by atoms with van der Waals surface area (Å²) in [6, 6.07) is 0. The second-order valence-corrected chi connectivity index (χ2v) is 2.39. The second kappa shape index (κ2) is 4.40. The zero-order valence-electron chi connectivity index (χ0n) is 7.09. The lowest BCUT2D eigenvalue weighted by Crippen LogP contribution is -2.07. The number of allylic oxidation sites excluding steroid dienone is 3. The Bertz CT molecular complexity index is 226. The first-order chi connectivity index (χ1) is 5.07. The summed E-state index contributed by atoms with van der Waals surface area (Å²) in [4.78, 5) is 1.90. The first kappa shape index (κ1) is 9.58. The van der Waals surface area contributed by atoms with Gasteiger partial charge in [-0.1, -0.05) is 19.1 Å². The molecule has 0 aromatic rings. The third kappa shape index (κ3) is 4.05. The van der Waals surface area contributed by atoms with Gasteiger partial charge in [-0.05, 0) is 12.2 Å². The fourth-order valence-electron chi connectivity index (χ4n) is 0.394. The monoisotopic (exact) mass is 147 g/mol. The maximum Gasteiger partial charge on any atom is 0.0288 e. The van der Waals surface area contributed by atoms with Crippen molar-refractivity contribution in [2.75, 3.05) is 14.1 Å². The molecule has 0 amide bonds. The van der Waals surface area contributed by atoms with E-state index in [1.54, 1.807) is 6.08 Å². The van der Waals surface area contributed by atoms with Crippen LogP contribution in [0, 0.1) is 12.3 Å². The molecule has 1 heteroatoms. The average Bonchev–Trinajstić information content (AvgIpc) is 1.99. The Morgan fingerprint density at radius 3 is 2.27 bits per heavy atom. The molecule has 0 rings (SSSR count). The van der Waals surface area contributed by atoms with Crippen molar-refractivity contribution >= 4 is 0 Å². The molecular formula is C10H13N. The van der Waals surface area contributed by atoms with Gasteiger partial charge in [0.05, 0.1) is 0 Å². The van der Waals surface area contributed by atoms with Crippen LogP contribution in [0.2, 0.25) is 0 Å². The molecule has 11 heavy (non-hydrogen) atoms. The van der Waals surface area contributed by atoms with Crippen molar-refractivity contribution in [3.05, 3.63) is 36.6 Å². The van der Waals surface area contributed by atoms with Gasteiger partial charge in [-0.2, -0.15) is 0 Å². The minimum Gasteiger partial charge on any atom is -0.378 e. The third-order valence-electron chi connectivity index (χ3n) is 1.24. The van der Waals surface area contributed by atoms with Crippen LogP contribution >= 0.6 is 0 Å². The maximum absolute atomic E-state index is 5.09. The summed E-state index contributed by atoms with van der Waals surface area (Å²) >= 11 is 0. The maximum atomic E-state index is 5.09. The molecular weight excluding hydrogens is 134 g/mol. The fourth-order valence-corrected chi connectivity index (χ4v) is 0.394. The van der Waals surface area contributed by atoms with Gasteiger partial charge in [0, 0.05) is 25.4 Å². The SMILES string of the molecule is C#CC(=C)/C=C\C(=C)N(C)C. The highest BCUT2D eigenvalue weighted by atomic mass is 15.1. The van der Waals surface area contributed by atoms with Crippen molar-refractivity contribution in [2.24, 2.45) is 0 Å². The molecule has 0 saturated heterocycles. The Labute approximate surface area is 68.7 Å². The van der Waals surface area contributed by atoms with Gasteiger partial charge in [0.1, 0.15) is 0 Å². The quantitative estimate of drug-likeness (QED) is 0.434. The molecule has 1 nitrogen and oxygen atoms in total. The second-order valence-electron chi connectivity index (χ2n) is 2.39. The molecule has 0 heterocycles. The van der Waals surface area contributed by atoms with Crippen LogP contribution in [0.1, 0.15) is 0 Å². The lowest BCUT2D eigenvalue weighted by atomic mass is 10.2. The van der Waals surface area contributed by atoms with Crippen LogP contribution < -0.4 is 0 Å². The normalized spacial score (nSPS) is 9.18. The molecule has 0 fully saturated rings. The van der Waals surface area contributed by atoms with Gasteiger partial charge in [-0.25, -0.2) is 0 Å². The molecule has 0 N–H and O–H groups in total. The Kier molecular flexibility index (Phi) is 3.84. The highest BCUT2D eigenvalue weighted by Crippen LogP contribution is 1.98. The van der Waals surface area contributed by atoms with E-state index in [0.29, 0.717) is 5.57 Å². The highest BCUT2D eigenvalue weighted by Gasteiger charge is 1.87. The van der Waals surface area contributed by atoms with E-state index in [2.05, 4.69) is 19.1 Å². The standard InChI is InChI=1S/C10H13N/c1-6-9(2)7-8-10(3)11(4)5/h1,7-8H,2-3H2,4-5H3/b8-7-. The summed E-state index contributed by atoms with van der Waals surface area (Å²) in [6.45, 7) is 7.41. The highest BCUT2D eigenvalue weighted by molar-refractivity contribution is 5.35. The fraction of sp³-hybridized carbons (Fsp3) is 0.200. The molecule has 0 saturated carbocycles. The average molecular weight is 147 g/mol. The molecule has 0 aliphatic rings. The lowest BCUT2D eigenvalue weighted by Gasteiger charge is -2.10. The minimum absolute atomic E-state index is 0.660. The van der Waals surface area contributed by atoms with Gasteiger partial charge in [-0.3, -0.25) is 0 Å². The summed E-state index contributed by atoms with van der Waals surface area (Å²) < 4.78 is 0. The summed E-state index contributed by atoms with van der Waals surface area (Å²) in [5.74, 6) is 2.42. The van der Waals surface area contributed by atoms with Gasteiger partial charge in [-0.15, -0.1) is 6.42 Å². The first-order valence-corrected chi connectivity index (χ1v) is 3.27. The Balaban J connectivity index is 4.06. The van der Waals surface area contributed by atoms with E-state index in [4.69, 9.17) is 6.42 Å². The van der Waals surface area contributed by atoms with Gasteiger partial charge >= 0.3 is 0 Å². The van der Waals surface area contributed by atoms with E-state index in [9.17, 15) is 0 Å². The van der Waals surface area contributed by atoms with Crippen molar-refractivity contribution in [3.63, 3.8) is 0 Å². The predicted molar refractivity (Wildman–Crippen MR) is 49.9 cm³/mol. The van der Waals surface area contributed by atoms with E-state index in [1.165, 1.54) is 0 Å². The van der Waals surface area contributed by atoms with E-state index in [0.717, 1.165) is 5.70 Å². The van der Waals surface area contributed by atoms with Crippen LogP contribution in [0.3, 0.4) is 0 Å². The topological polar surface area (TPSA) is 3.24 Å². The number of terminal acetylenes is 1. The van der Waals surface area contributed by atoms with Gasteiger partial charge in [0.2, 0.25) is 0 Å². The zero-order valence-corrected chi connectivity index (χ0v) is 7.09. The zero-order chi connectivity index (χ0) is 8.85. The minimum atomic E-state index is 0.660. The lowest BCUT2D eigenvalue weighted by molar-refractivity contribution is 0.532. The van der Waals surface area contributed by atoms with Crippen LogP contribution in [0.4, 0.5) is 0 Å². The number of hydrogen-bond acceptors (Lipinski definition) is 1. The van der Waals surface area contributed by atoms with Crippen molar-refractivity contribution in [2.45, 2.75) is 0 Å². The van der Waals surface area contributed by atoms with E-state index in [1.807, 2.05) is 25.1 Å². The Morgan fingerprint density at radius 2 is 1.91 bits per heavy atom. The van der Waals surface area contributed by atoms with Crippen LogP contribution in [-0.2, 0) is 0 Å². The molecule has 0 spiro atoms. The Morgan fingerprint density at radius 1 is 1.36 bits per heavy atom. The Hall–Kier alpha value is -1.42. The third-order valence-corrected chi connectivity index (χ3v) is 1.24. The van der Waals surface area contributed by atoms with Crippen LogP contribution in [0.25, 0.3) is 0 Å². The molecule has 0 aromatic heterocycles. The number of hydrogen-bond donors (Lipinski definition) is 0. The summed E-state index contributed by atoms with van der Waals surface area (Å²) in [5, 5.41) is 0. The largest absolute Gasteiger partial charge is 0.378 e. The molecule has 0 radical (unpaired) electrons. The van der Waals surface area contributed by atoms with E-state index < -0.39 is 0 Å². The summed E-state index contributed by atoms with van der Waals surface area (Å²) in [5.41, 5.74) is 1.56. The molecule has 0 aliphatic heterocycles. The number of rotatable bonds is 3. The molecule has 0 unspecified atom stereocenters. The van der Waals surface area contributed by atoms with Crippen LogP contribution in [-0.4, -0.2) is 19.0 Å². The van der Waals surface area contributed by atoms with Crippen molar-refractivity contribution in [3.8, 4) is 12.3 Å². The van der Waals surface area contributed by atoms with Crippen molar-refractivity contribution in [1.82, 2.24) is 4.90 Å². The first-order valence-electron chi connectivity index (χ1n) is 3.27. The van der Waals surface area contributed by atoms with Gasteiger partial charge < -0.3 is 4.90 Å². The number of likely N-dealkylation sites (N-methyl/N-ethyl adjacent to an activating group) is 1. The van der Waals surface area contributed by atoms with Gasteiger partial charge in [0.15, 0.2) is 0 Å². The summed E-state index contributed by atoms with van der Waals surface area (Å²) in [6.07, 6.45) is 8.69. The molecule has 0 aromatic carbocycles. The molecule has 0 aliphatic carbocycles.